The Balaban J connectivity index is 1.70. The van der Waals surface area contributed by atoms with Gasteiger partial charge in [0.25, 0.3) is 11.8 Å². The van der Waals surface area contributed by atoms with Crippen LogP contribution < -0.4 is 15.8 Å². The molecular formula is C17H16BrClN2O3S. The van der Waals surface area contributed by atoms with E-state index in [4.69, 9.17) is 22.1 Å². The molecule has 0 radical (unpaired) electrons. The first-order chi connectivity index (χ1) is 12.0. The van der Waals surface area contributed by atoms with Gasteiger partial charge in [0.15, 0.2) is 6.61 Å². The van der Waals surface area contributed by atoms with E-state index in [-0.39, 0.29) is 12.5 Å². The van der Waals surface area contributed by atoms with E-state index < -0.39 is 5.91 Å². The maximum Gasteiger partial charge on any atom is 0.262 e. The standard InChI is InChI=1S/C17H16BrClN2O3S/c18-9-5-6-12(11(19)7-9)24-8-14(22)21-17-15(16(20)23)10-3-1-2-4-13(10)25-17/h5-7H,1-4,8H2,(H2,20,23)(H,21,22). The molecule has 3 rings (SSSR count). The van der Waals surface area contributed by atoms with Gasteiger partial charge in [-0.15, -0.1) is 11.3 Å². The smallest absolute Gasteiger partial charge is 0.262 e. The number of nitrogens with two attached hydrogens (primary N) is 1. The molecule has 0 bridgehead atoms. The van der Waals surface area contributed by atoms with Crippen LogP contribution in [0.2, 0.25) is 5.02 Å². The summed E-state index contributed by atoms with van der Waals surface area (Å²) in [6.07, 6.45) is 3.86. The Morgan fingerprint density at radius 2 is 2.08 bits per heavy atom. The SMILES string of the molecule is NC(=O)c1c(NC(=O)COc2ccc(Br)cc2Cl)sc2c1CCCC2. The van der Waals surface area contributed by atoms with Gasteiger partial charge in [0, 0.05) is 9.35 Å². The van der Waals surface area contributed by atoms with Crippen LogP contribution in [0.3, 0.4) is 0 Å². The zero-order valence-electron chi connectivity index (χ0n) is 13.2. The summed E-state index contributed by atoms with van der Waals surface area (Å²) in [6.45, 7) is -0.206. The van der Waals surface area contributed by atoms with Crippen molar-refractivity contribution in [1.29, 1.82) is 0 Å². The van der Waals surface area contributed by atoms with Gasteiger partial charge >= 0.3 is 0 Å². The van der Waals surface area contributed by atoms with Gasteiger partial charge in [-0.1, -0.05) is 27.5 Å². The summed E-state index contributed by atoms with van der Waals surface area (Å²) in [5, 5.41) is 3.67. The van der Waals surface area contributed by atoms with E-state index in [2.05, 4.69) is 21.2 Å². The highest BCUT2D eigenvalue weighted by Crippen LogP contribution is 2.38. The number of ether oxygens (including phenoxy) is 1. The van der Waals surface area contributed by atoms with Crippen molar-refractivity contribution < 1.29 is 14.3 Å². The number of thiophene rings is 1. The third kappa shape index (κ3) is 4.16. The summed E-state index contributed by atoms with van der Waals surface area (Å²) in [7, 11) is 0. The molecule has 0 aliphatic heterocycles. The minimum Gasteiger partial charge on any atom is -0.482 e. The molecule has 0 fully saturated rings. The maximum atomic E-state index is 12.2. The van der Waals surface area contributed by atoms with Crippen LogP contribution in [-0.2, 0) is 17.6 Å². The fourth-order valence-electron chi connectivity index (χ4n) is 2.81. The number of halogens is 2. The molecule has 2 aromatic rings. The lowest BCUT2D eigenvalue weighted by Gasteiger charge is -2.11. The average Bonchev–Trinajstić information content (AvgIpc) is 2.91. The molecule has 1 heterocycles. The van der Waals surface area contributed by atoms with E-state index in [0.717, 1.165) is 40.6 Å². The first-order valence-electron chi connectivity index (χ1n) is 7.77. The topological polar surface area (TPSA) is 81.4 Å². The summed E-state index contributed by atoms with van der Waals surface area (Å²) in [5.41, 5.74) is 6.94. The van der Waals surface area contributed by atoms with Crippen molar-refractivity contribution in [3.05, 3.63) is 43.7 Å². The van der Waals surface area contributed by atoms with Crippen LogP contribution in [0.25, 0.3) is 0 Å². The van der Waals surface area contributed by atoms with E-state index in [1.807, 2.05) is 0 Å². The Labute approximate surface area is 162 Å². The fraction of sp³-hybridized carbons (Fsp3) is 0.294. The van der Waals surface area contributed by atoms with E-state index in [1.165, 1.54) is 11.3 Å². The summed E-state index contributed by atoms with van der Waals surface area (Å²) in [5.74, 6) is -0.452. The molecule has 0 saturated carbocycles. The predicted molar refractivity (Wildman–Crippen MR) is 103 cm³/mol. The quantitative estimate of drug-likeness (QED) is 0.728. The molecule has 1 aliphatic rings. The Hall–Kier alpha value is -1.57. The number of primary amides is 1. The normalized spacial score (nSPS) is 13.2. The van der Waals surface area contributed by atoms with Crippen molar-refractivity contribution in [2.24, 2.45) is 5.73 Å². The molecule has 0 atom stereocenters. The molecule has 1 aromatic carbocycles. The third-order valence-electron chi connectivity index (χ3n) is 3.92. The molecule has 8 heteroatoms. The largest absolute Gasteiger partial charge is 0.482 e. The average molecular weight is 444 g/mol. The third-order valence-corrected chi connectivity index (χ3v) is 5.92. The summed E-state index contributed by atoms with van der Waals surface area (Å²) in [4.78, 5) is 25.2. The summed E-state index contributed by atoms with van der Waals surface area (Å²) >= 11 is 10.8. The number of amides is 2. The Morgan fingerprint density at radius 3 is 2.80 bits per heavy atom. The number of rotatable bonds is 5. The number of benzene rings is 1. The van der Waals surface area contributed by atoms with Crippen LogP contribution in [0, 0.1) is 0 Å². The molecular weight excluding hydrogens is 428 g/mol. The molecule has 0 saturated heterocycles. The van der Waals surface area contributed by atoms with Gasteiger partial charge in [0.05, 0.1) is 10.6 Å². The second-order valence-electron chi connectivity index (χ2n) is 5.69. The molecule has 0 spiro atoms. The van der Waals surface area contributed by atoms with Crippen LogP contribution in [0.1, 0.15) is 33.6 Å². The Morgan fingerprint density at radius 1 is 1.32 bits per heavy atom. The highest BCUT2D eigenvalue weighted by molar-refractivity contribution is 9.10. The van der Waals surface area contributed by atoms with E-state index in [9.17, 15) is 9.59 Å². The molecule has 2 amide bonds. The van der Waals surface area contributed by atoms with Crippen molar-refractivity contribution in [3.63, 3.8) is 0 Å². The van der Waals surface area contributed by atoms with Crippen molar-refractivity contribution in [2.45, 2.75) is 25.7 Å². The number of nitrogens with one attached hydrogen (secondary N) is 1. The van der Waals surface area contributed by atoms with Crippen LogP contribution >= 0.6 is 38.9 Å². The van der Waals surface area contributed by atoms with Crippen LogP contribution in [0.15, 0.2) is 22.7 Å². The number of hydrogen-bond acceptors (Lipinski definition) is 4. The number of hydrogen-bond donors (Lipinski definition) is 2. The Kier molecular flexibility index (Phi) is 5.66. The van der Waals surface area contributed by atoms with Gasteiger partial charge in [-0.05, 0) is 49.4 Å². The molecule has 25 heavy (non-hydrogen) atoms. The molecule has 5 nitrogen and oxygen atoms in total. The highest BCUT2D eigenvalue weighted by Gasteiger charge is 2.25. The summed E-state index contributed by atoms with van der Waals surface area (Å²) in [6, 6.07) is 5.14. The highest BCUT2D eigenvalue weighted by atomic mass is 79.9. The first-order valence-corrected chi connectivity index (χ1v) is 9.76. The van der Waals surface area contributed by atoms with Crippen LogP contribution in [-0.4, -0.2) is 18.4 Å². The van der Waals surface area contributed by atoms with Crippen molar-refractivity contribution in [3.8, 4) is 5.75 Å². The van der Waals surface area contributed by atoms with E-state index >= 15 is 0 Å². The van der Waals surface area contributed by atoms with Gasteiger partial charge in [-0.2, -0.15) is 0 Å². The van der Waals surface area contributed by atoms with Crippen molar-refractivity contribution in [1.82, 2.24) is 0 Å². The first kappa shape index (κ1) is 18.2. The Bertz CT molecular complexity index is 838. The number of carbonyl (C=O) groups excluding carboxylic acids is 2. The van der Waals surface area contributed by atoms with Gasteiger partial charge in [0.1, 0.15) is 10.8 Å². The van der Waals surface area contributed by atoms with E-state index in [1.54, 1.807) is 18.2 Å². The van der Waals surface area contributed by atoms with Crippen molar-refractivity contribution in [2.75, 3.05) is 11.9 Å². The molecule has 132 valence electrons. The monoisotopic (exact) mass is 442 g/mol. The number of carbonyl (C=O) groups is 2. The lowest BCUT2D eigenvalue weighted by molar-refractivity contribution is -0.118. The zero-order valence-corrected chi connectivity index (χ0v) is 16.4. The molecule has 0 unspecified atom stereocenters. The fourth-order valence-corrected chi connectivity index (χ4v) is 4.85. The number of anilines is 1. The van der Waals surface area contributed by atoms with Gasteiger partial charge in [0.2, 0.25) is 0 Å². The maximum absolute atomic E-state index is 12.2. The van der Waals surface area contributed by atoms with E-state index in [0.29, 0.717) is 21.3 Å². The second kappa shape index (κ2) is 7.76. The second-order valence-corrected chi connectivity index (χ2v) is 8.12. The predicted octanol–water partition coefficient (Wildman–Crippen LogP) is 4.16. The van der Waals surface area contributed by atoms with Gasteiger partial charge < -0.3 is 15.8 Å². The van der Waals surface area contributed by atoms with Gasteiger partial charge in [-0.3, -0.25) is 9.59 Å². The minimum atomic E-state index is -0.508. The minimum absolute atomic E-state index is 0.206. The summed E-state index contributed by atoms with van der Waals surface area (Å²) < 4.78 is 6.28. The molecule has 1 aromatic heterocycles. The zero-order chi connectivity index (χ0) is 18.0. The van der Waals surface area contributed by atoms with Gasteiger partial charge in [-0.25, -0.2) is 0 Å². The van der Waals surface area contributed by atoms with Crippen molar-refractivity contribution >= 4 is 55.7 Å². The lowest BCUT2D eigenvalue weighted by atomic mass is 9.95. The molecule has 1 aliphatic carbocycles. The molecule has 3 N–H and O–H groups in total. The van der Waals surface area contributed by atoms with Crippen LogP contribution in [0.5, 0.6) is 5.75 Å². The number of fused-ring (bicyclic) bond motifs is 1. The van der Waals surface area contributed by atoms with Crippen LogP contribution in [0.4, 0.5) is 5.00 Å². The number of aryl methyl sites for hydroxylation is 1. The lowest BCUT2D eigenvalue weighted by Crippen LogP contribution is -2.22.